The van der Waals surface area contributed by atoms with Gasteiger partial charge in [-0.1, -0.05) is 13.8 Å². The highest BCUT2D eigenvalue weighted by molar-refractivity contribution is 5.73. The highest BCUT2D eigenvalue weighted by atomic mass is 16.4. The Morgan fingerprint density at radius 3 is 2.59 bits per heavy atom. The van der Waals surface area contributed by atoms with E-state index >= 15 is 0 Å². The molecule has 0 amide bonds. The number of nitrogens with zero attached hydrogens (tertiary/aromatic N) is 2. The summed E-state index contributed by atoms with van der Waals surface area (Å²) in [7, 11) is 0. The fourth-order valence-electron chi connectivity index (χ4n) is 1.76. The predicted octanol–water partition coefficient (Wildman–Crippen LogP) is 1.66. The first-order valence-electron chi connectivity index (χ1n) is 5.90. The molecule has 0 fully saturated rings. The van der Waals surface area contributed by atoms with Gasteiger partial charge < -0.3 is 9.67 Å². The van der Waals surface area contributed by atoms with Crippen molar-refractivity contribution in [1.29, 1.82) is 0 Å². The van der Waals surface area contributed by atoms with Crippen LogP contribution in [0.3, 0.4) is 0 Å². The van der Waals surface area contributed by atoms with Crippen molar-refractivity contribution in [3.8, 4) is 0 Å². The summed E-state index contributed by atoms with van der Waals surface area (Å²) < 4.78 is 2.03. The van der Waals surface area contributed by atoms with Gasteiger partial charge in [-0.3, -0.25) is 10.1 Å². The van der Waals surface area contributed by atoms with Crippen LogP contribution in [0.25, 0.3) is 0 Å². The Labute approximate surface area is 102 Å². The average Bonchev–Trinajstić information content (AvgIpc) is 2.64. The summed E-state index contributed by atoms with van der Waals surface area (Å²) in [5.74, 6) is -0.751. The van der Waals surface area contributed by atoms with E-state index in [1.165, 1.54) is 0 Å². The third kappa shape index (κ3) is 3.56. The Morgan fingerprint density at radius 2 is 2.12 bits per heavy atom. The molecule has 1 atom stereocenters. The van der Waals surface area contributed by atoms with Crippen molar-refractivity contribution in [1.82, 2.24) is 14.9 Å². The van der Waals surface area contributed by atoms with Gasteiger partial charge in [-0.2, -0.15) is 0 Å². The van der Waals surface area contributed by atoms with Crippen LogP contribution in [0.4, 0.5) is 0 Å². The molecule has 1 aromatic rings. The molecule has 0 bridgehead atoms. The van der Waals surface area contributed by atoms with Crippen LogP contribution in [0.2, 0.25) is 0 Å². The molecule has 96 valence electrons. The van der Waals surface area contributed by atoms with E-state index in [4.69, 9.17) is 5.11 Å². The lowest BCUT2D eigenvalue weighted by atomic mass is 10.0. The molecule has 0 spiro atoms. The van der Waals surface area contributed by atoms with Crippen molar-refractivity contribution in [3.63, 3.8) is 0 Å². The number of hydrogen-bond acceptors (Lipinski definition) is 3. The summed E-state index contributed by atoms with van der Waals surface area (Å²) >= 11 is 0. The zero-order chi connectivity index (χ0) is 13.0. The number of rotatable bonds is 6. The van der Waals surface area contributed by atoms with E-state index in [1.807, 2.05) is 18.4 Å². The van der Waals surface area contributed by atoms with Crippen molar-refractivity contribution >= 4 is 5.97 Å². The first kappa shape index (κ1) is 13.7. The number of carbonyl (C=O) groups is 1. The summed E-state index contributed by atoms with van der Waals surface area (Å²) in [5.41, 5.74) is 1.01. The minimum atomic E-state index is -0.810. The Morgan fingerprint density at radius 1 is 1.47 bits per heavy atom. The first-order valence-corrected chi connectivity index (χ1v) is 5.90. The quantitative estimate of drug-likeness (QED) is 0.792. The first-order chi connectivity index (χ1) is 7.93. The molecule has 5 nitrogen and oxygen atoms in total. The number of aromatic nitrogens is 2. The lowest BCUT2D eigenvalue weighted by Gasteiger charge is -2.19. The van der Waals surface area contributed by atoms with Crippen molar-refractivity contribution in [2.24, 2.45) is 5.92 Å². The van der Waals surface area contributed by atoms with Crippen LogP contribution in [-0.4, -0.2) is 26.7 Å². The molecule has 17 heavy (non-hydrogen) atoms. The van der Waals surface area contributed by atoms with Crippen molar-refractivity contribution in [2.45, 2.75) is 46.3 Å². The zero-order valence-corrected chi connectivity index (χ0v) is 10.8. The maximum absolute atomic E-state index is 11.0. The molecule has 5 heteroatoms. The van der Waals surface area contributed by atoms with Gasteiger partial charge in [0.2, 0.25) is 0 Å². The number of nitrogens with one attached hydrogen (secondary N) is 1. The topological polar surface area (TPSA) is 67.2 Å². The summed E-state index contributed by atoms with van der Waals surface area (Å²) in [6.45, 7) is 8.45. The van der Waals surface area contributed by atoms with E-state index in [2.05, 4.69) is 24.1 Å². The Kier molecular flexibility index (Phi) is 4.69. The molecule has 1 aromatic heterocycles. The fourth-order valence-corrected chi connectivity index (χ4v) is 1.76. The Balaban J connectivity index is 2.66. The molecule has 1 rings (SSSR count). The normalized spacial score (nSPS) is 13.3. The molecule has 1 unspecified atom stereocenters. The predicted molar refractivity (Wildman–Crippen MR) is 65.7 cm³/mol. The molecule has 0 aliphatic rings. The van der Waals surface area contributed by atoms with Gasteiger partial charge in [0.25, 0.3) is 0 Å². The molecular formula is C12H21N3O2. The highest BCUT2D eigenvalue weighted by Crippen LogP contribution is 2.10. The lowest BCUT2D eigenvalue weighted by molar-refractivity contribution is -0.140. The van der Waals surface area contributed by atoms with Crippen LogP contribution < -0.4 is 5.32 Å². The van der Waals surface area contributed by atoms with Crippen LogP contribution in [0.5, 0.6) is 0 Å². The van der Waals surface area contributed by atoms with Crippen molar-refractivity contribution in [3.05, 3.63) is 18.2 Å². The van der Waals surface area contributed by atoms with Crippen LogP contribution in [0, 0.1) is 5.92 Å². The molecule has 0 aliphatic heterocycles. The second-order valence-electron chi connectivity index (χ2n) is 4.83. The second kappa shape index (κ2) is 5.82. The maximum Gasteiger partial charge on any atom is 0.320 e. The smallest absolute Gasteiger partial charge is 0.320 e. The molecule has 0 saturated heterocycles. The number of carboxylic acid groups (broad SMARTS) is 1. The van der Waals surface area contributed by atoms with Gasteiger partial charge in [0.1, 0.15) is 6.04 Å². The van der Waals surface area contributed by atoms with E-state index in [9.17, 15) is 4.79 Å². The van der Waals surface area contributed by atoms with Gasteiger partial charge in [0, 0.05) is 18.8 Å². The van der Waals surface area contributed by atoms with Crippen LogP contribution in [0.15, 0.2) is 12.5 Å². The molecule has 2 N–H and O–H groups in total. The summed E-state index contributed by atoms with van der Waals surface area (Å²) in [5, 5.41) is 12.1. The summed E-state index contributed by atoms with van der Waals surface area (Å²) in [6.07, 6.45) is 3.54. The van der Waals surface area contributed by atoms with E-state index in [0.717, 1.165) is 5.69 Å². The van der Waals surface area contributed by atoms with Crippen LogP contribution in [0.1, 0.15) is 39.4 Å². The standard InChI is InChI=1S/C12H21N3O2/c1-8(2)11(12(16)17)14-6-10-5-13-7-15(10)9(3)4/h5,7-9,11,14H,6H2,1-4H3,(H,16,17). The fraction of sp³-hybridized carbons (Fsp3) is 0.667. The van der Waals surface area contributed by atoms with E-state index in [0.29, 0.717) is 12.6 Å². The lowest BCUT2D eigenvalue weighted by Crippen LogP contribution is -2.40. The third-order valence-corrected chi connectivity index (χ3v) is 2.74. The summed E-state index contributed by atoms with van der Waals surface area (Å²) in [6, 6.07) is -0.192. The van der Waals surface area contributed by atoms with E-state index < -0.39 is 12.0 Å². The number of carboxylic acids is 1. The van der Waals surface area contributed by atoms with Gasteiger partial charge in [0.05, 0.1) is 12.0 Å². The molecule has 1 heterocycles. The second-order valence-corrected chi connectivity index (χ2v) is 4.83. The minimum Gasteiger partial charge on any atom is -0.480 e. The maximum atomic E-state index is 11.0. The monoisotopic (exact) mass is 239 g/mol. The number of hydrogen-bond donors (Lipinski definition) is 2. The largest absolute Gasteiger partial charge is 0.480 e. The van der Waals surface area contributed by atoms with Crippen molar-refractivity contribution < 1.29 is 9.90 Å². The van der Waals surface area contributed by atoms with Crippen LogP contribution in [-0.2, 0) is 11.3 Å². The third-order valence-electron chi connectivity index (χ3n) is 2.74. The van der Waals surface area contributed by atoms with Gasteiger partial charge in [0.15, 0.2) is 0 Å². The Bertz CT molecular complexity index is 372. The number of imidazole rings is 1. The highest BCUT2D eigenvalue weighted by Gasteiger charge is 2.21. The molecule has 0 aromatic carbocycles. The van der Waals surface area contributed by atoms with Crippen LogP contribution >= 0.6 is 0 Å². The SMILES string of the molecule is CC(C)C(NCc1cncn1C(C)C)C(=O)O. The molecule has 0 aliphatic carbocycles. The van der Waals surface area contributed by atoms with Gasteiger partial charge >= 0.3 is 5.97 Å². The molecular weight excluding hydrogens is 218 g/mol. The van der Waals surface area contributed by atoms with Crippen molar-refractivity contribution in [2.75, 3.05) is 0 Å². The minimum absolute atomic E-state index is 0.0583. The summed E-state index contributed by atoms with van der Waals surface area (Å²) in [4.78, 5) is 15.1. The van der Waals surface area contributed by atoms with E-state index in [-0.39, 0.29) is 5.92 Å². The Hall–Kier alpha value is -1.36. The zero-order valence-electron chi connectivity index (χ0n) is 10.8. The van der Waals surface area contributed by atoms with Gasteiger partial charge in [-0.15, -0.1) is 0 Å². The number of aliphatic carboxylic acids is 1. The molecule has 0 saturated carbocycles. The average molecular weight is 239 g/mol. The van der Waals surface area contributed by atoms with Gasteiger partial charge in [-0.25, -0.2) is 4.98 Å². The molecule has 0 radical (unpaired) electrons. The van der Waals surface area contributed by atoms with Gasteiger partial charge in [-0.05, 0) is 19.8 Å². The van der Waals surface area contributed by atoms with E-state index in [1.54, 1.807) is 12.5 Å².